The van der Waals surface area contributed by atoms with Gasteiger partial charge in [-0.3, -0.25) is 0 Å². The summed E-state index contributed by atoms with van der Waals surface area (Å²) in [5.41, 5.74) is 5.65. The van der Waals surface area contributed by atoms with Crippen LogP contribution in [0.3, 0.4) is 0 Å². The molecule has 1 unspecified atom stereocenters. The summed E-state index contributed by atoms with van der Waals surface area (Å²) in [4.78, 5) is 0. The number of hydrogen-bond acceptors (Lipinski definition) is 2. The van der Waals surface area contributed by atoms with Crippen LogP contribution in [0.2, 0.25) is 0 Å². The van der Waals surface area contributed by atoms with Crippen molar-refractivity contribution in [1.29, 1.82) is 0 Å². The maximum Gasteiger partial charge on any atom is 0.257 e. The van der Waals surface area contributed by atoms with Crippen molar-refractivity contribution in [3.63, 3.8) is 0 Å². The third-order valence-corrected chi connectivity index (χ3v) is 1.77. The number of benzene rings is 1. The molecule has 1 aromatic carbocycles. The number of alkyl halides is 2. The molecule has 0 amide bonds. The highest BCUT2D eigenvalue weighted by Crippen LogP contribution is 2.20. The fourth-order valence-corrected chi connectivity index (χ4v) is 0.972. The molecule has 4 heteroatoms. The summed E-state index contributed by atoms with van der Waals surface area (Å²) in [5, 5.41) is 0. The van der Waals surface area contributed by atoms with E-state index in [0.29, 0.717) is 11.3 Å². The van der Waals surface area contributed by atoms with Crippen LogP contribution in [0, 0.1) is 0 Å². The van der Waals surface area contributed by atoms with E-state index in [1.807, 2.05) is 0 Å². The molecule has 0 aromatic heterocycles. The van der Waals surface area contributed by atoms with Gasteiger partial charge in [-0.25, -0.2) is 8.78 Å². The molecular formula is C9H11F2NO. The van der Waals surface area contributed by atoms with E-state index in [1.54, 1.807) is 12.1 Å². The Morgan fingerprint density at radius 2 is 1.77 bits per heavy atom. The first kappa shape index (κ1) is 9.92. The van der Waals surface area contributed by atoms with E-state index < -0.39 is 12.5 Å². The molecule has 0 fully saturated rings. The van der Waals surface area contributed by atoms with Crippen molar-refractivity contribution in [2.75, 3.05) is 7.11 Å². The minimum Gasteiger partial charge on any atom is -0.497 e. The van der Waals surface area contributed by atoms with Crippen LogP contribution in [-0.4, -0.2) is 13.5 Å². The van der Waals surface area contributed by atoms with Crippen LogP contribution in [0.25, 0.3) is 0 Å². The van der Waals surface area contributed by atoms with Crippen molar-refractivity contribution in [1.82, 2.24) is 0 Å². The SMILES string of the molecule is COc1ccc(C(N)C(F)F)cc1. The van der Waals surface area contributed by atoms with Gasteiger partial charge in [0.25, 0.3) is 6.43 Å². The number of nitrogens with two attached hydrogens (primary N) is 1. The summed E-state index contributed by atoms with van der Waals surface area (Å²) >= 11 is 0. The van der Waals surface area contributed by atoms with Gasteiger partial charge in [-0.2, -0.15) is 0 Å². The Balaban J connectivity index is 2.79. The smallest absolute Gasteiger partial charge is 0.257 e. The second kappa shape index (κ2) is 4.18. The van der Waals surface area contributed by atoms with Crippen molar-refractivity contribution < 1.29 is 13.5 Å². The lowest BCUT2D eigenvalue weighted by Crippen LogP contribution is -2.18. The predicted octanol–water partition coefficient (Wildman–Crippen LogP) is 1.96. The summed E-state index contributed by atoms with van der Waals surface area (Å²) < 4.78 is 29.2. The minimum absolute atomic E-state index is 0.413. The topological polar surface area (TPSA) is 35.2 Å². The fraction of sp³-hybridized carbons (Fsp3) is 0.333. The van der Waals surface area contributed by atoms with Gasteiger partial charge < -0.3 is 10.5 Å². The molecule has 0 spiro atoms. The highest BCUT2D eigenvalue weighted by Gasteiger charge is 2.16. The quantitative estimate of drug-likeness (QED) is 0.785. The average Bonchev–Trinajstić information content (AvgIpc) is 2.17. The van der Waals surface area contributed by atoms with E-state index in [4.69, 9.17) is 10.5 Å². The molecule has 0 aliphatic heterocycles. The van der Waals surface area contributed by atoms with Crippen LogP contribution in [0.1, 0.15) is 11.6 Å². The maximum atomic E-state index is 12.1. The van der Waals surface area contributed by atoms with Gasteiger partial charge in [0.05, 0.1) is 13.2 Å². The molecular weight excluding hydrogens is 176 g/mol. The Hall–Kier alpha value is -1.16. The lowest BCUT2D eigenvalue weighted by atomic mass is 10.1. The van der Waals surface area contributed by atoms with E-state index >= 15 is 0 Å². The molecule has 0 radical (unpaired) electrons. The van der Waals surface area contributed by atoms with Crippen molar-refractivity contribution in [3.05, 3.63) is 29.8 Å². The van der Waals surface area contributed by atoms with E-state index in [2.05, 4.69) is 0 Å². The van der Waals surface area contributed by atoms with Crippen LogP contribution in [0.5, 0.6) is 5.75 Å². The van der Waals surface area contributed by atoms with Gasteiger partial charge >= 0.3 is 0 Å². The molecule has 2 N–H and O–H groups in total. The molecule has 0 aliphatic rings. The van der Waals surface area contributed by atoms with E-state index in [0.717, 1.165) is 0 Å². The summed E-state index contributed by atoms with van der Waals surface area (Å²) in [6.07, 6.45) is -2.53. The van der Waals surface area contributed by atoms with E-state index in [9.17, 15) is 8.78 Å². The van der Waals surface area contributed by atoms with Crippen molar-refractivity contribution in [2.24, 2.45) is 5.73 Å². The number of halogens is 2. The third kappa shape index (κ3) is 2.39. The normalized spacial score (nSPS) is 13.0. The first-order chi connectivity index (χ1) is 6.15. The van der Waals surface area contributed by atoms with Gasteiger partial charge in [0.1, 0.15) is 5.75 Å². The molecule has 0 saturated heterocycles. The monoisotopic (exact) mass is 187 g/mol. The molecule has 0 aliphatic carbocycles. The highest BCUT2D eigenvalue weighted by atomic mass is 19.3. The first-order valence-electron chi connectivity index (χ1n) is 3.83. The Morgan fingerprint density at radius 1 is 1.23 bits per heavy atom. The van der Waals surface area contributed by atoms with E-state index in [-0.39, 0.29) is 0 Å². The summed E-state index contributed by atoms with van der Waals surface area (Å²) in [7, 11) is 1.52. The molecule has 2 nitrogen and oxygen atoms in total. The second-order valence-corrected chi connectivity index (χ2v) is 2.63. The molecule has 0 bridgehead atoms. The van der Waals surface area contributed by atoms with Crippen molar-refractivity contribution in [2.45, 2.75) is 12.5 Å². The number of methoxy groups -OCH3 is 1. The summed E-state index contributed by atoms with van der Waals surface area (Å²) in [5.74, 6) is 0.630. The van der Waals surface area contributed by atoms with Crippen LogP contribution < -0.4 is 10.5 Å². The molecule has 0 saturated carbocycles. The fourth-order valence-electron chi connectivity index (χ4n) is 0.972. The summed E-state index contributed by atoms with van der Waals surface area (Å²) in [6.45, 7) is 0. The zero-order chi connectivity index (χ0) is 9.84. The van der Waals surface area contributed by atoms with Gasteiger partial charge in [-0.1, -0.05) is 12.1 Å². The van der Waals surface area contributed by atoms with E-state index in [1.165, 1.54) is 19.2 Å². The lowest BCUT2D eigenvalue weighted by Gasteiger charge is -2.10. The van der Waals surface area contributed by atoms with Gasteiger partial charge in [0.2, 0.25) is 0 Å². The number of rotatable bonds is 3. The number of ether oxygens (including phenoxy) is 1. The van der Waals surface area contributed by atoms with Gasteiger partial charge in [-0.15, -0.1) is 0 Å². The third-order valence-electron chi connectivity index (χ3n) is 1.77. The summed E-state index contributed by atoms with van der Waals surface area (Å²) in [6, 6.07) is 5.08. The van der Waals surface area contributed by atoms with Gasteiger partial charge in [-0.05, 0) is 17.7 Å². The Labute approximate surface area is 75.3 Å². The molecule has 1 aromatic rings. The van der Waals surface area contributed by atoms with Crippen LogP contribution in [0.4, 0.5) is 8.78 Å². The largest absolute Gasteiger partial charge is 0.497 e. The molecule has 13 heavy (non-hydrogen) atoms. The minimum atomic E-state index is -2.53. The Kier molecular flexibility index (Phi) is 3.19. The molecule has 0 heterocycles. The Morgan fingerprint density at radius 3 is 2.15 bits per heavy atom. The number of hydrogen-bond donors (Lipinski definition) is 1. The molecule has 1 atom stereocenters. The standard InChI is InChI=1S/C9H11F2NO/c1-13-7-4-2-6(3-5-7)8(12)9(10)11/h2-5,8-9H,12H2,1H3. The van der Waals surface area contributed by atoms with Crippen molar-refractivity contribution in [3.8, 4) is 5.75 Å². The highest BCUT2D eigenvalue weighted by molar-refractivity contribution is 5.29. The van der Waals surface area contributed by atoms with Crippen LogP contribution in [0.15, 0.2) is 24.3 Å². The van der Waals surface area contributed by atoms with Crippen molar-refractivity contribution >= 4 is 0 Å². The van der Waals surface area contributed by atoms with Crippen LogP contribution >= 0.6 is 0 Å². The zero-order valence-electron chi connectivity index (χ0n) is 7.21. The molecule has 72 valence electrons. The zero-order valence-corrected chi connectivity index (χ0v) is 7.21. The second-order valence-electron chi connectivity index (χ2n) is 2.63. The lowest BCUT2D eigenvalue weighted by molar-refractivity contribution is 0.116. The molecule has 1 rings (SSSR count). The first-order valence-corrected chi connectivity index (χ1v) is 3.83. The predicted molar refractivity (Wildman–Crippen MR) is 45.9 cm³/mol. The Bertz CT molecular complexity index is 261. The van der Waals surface area contributed by atoms with Gasteiger partial charge in [0.15, 0.2) is 0 Å². The maximum absolute atomic E-state index is 12.1. The average molecular weight is 187 g/mol. The van der Waals surface area contributed by atoms with Crippen LogP contribution in [-0.2, 0) is 0 Å². The van der Waals surface area contributed by atoms with Gasteiger partial charge in [0, 0.05) is 0 Å².